The molecule has 0 aliphatic carbocycles. The lowest BCUT2D eigenvalue weighted by Gasteiger charge is -2.08. The molecular weight excluding hydrogens is 783 g/mol. The highest BCUT2D eigenvalue weighted by Gasteiger charge is 2.21. The Bertz CT molecular complexity index is 4170. The van der Waals surface area contributed by atoms with Gasteiger partial charge >= 0.3 is 0 Å². The van der Waals surface area contributed by atoms with Crippen LogP contribution in [0.4, 0.5) is 0 Å². The second kappa shape index (κ2) is 13.4. The third-order valence-electron chi connectivity index (χ3n) is 13.2. The van der Waals surface area contributed by atoms with Crippen LogP contribution in [0.15, 0.2) is 226 Å². The van der Waals surface area contributed by atoms with E-state index in [4.69, 9.17) is 13.3 Å². The monoisotopic (exact) mass is 817 g/mol. The first-order valence-electron chi connectivity index (χ1n) is 21.7. The molecule has 64 heavy (non-hydrogen) atoms. The van der Waals surface area contributed by atoms with Crippen molar-refractivity contribution in [1.82, 2.24) is 4.57 Å². The van der Waals surface area contributed by atoms with Gasteiger partial charge in [-0.25, -0.2) is 0 Å². The summed E-state index contributed by atoms with van der Waals surface area (Å²) >= 11 is 0. The molecule has 0 N–H and O–H groups in total. The summed E-state index contributed by atoms with van der Waals surface area (Å²) < 4.78 is 22.0. The molecule has 0 saturated carbocycles. The highest BCUT2D eigenvalue weighted by atomic mass is 16.3. The Morgan fingerprint density at radius 3 is 1.08 bits per heavy atom. The van der Waals surface area contributed by atoms with Crippen molar-refractivity contribution in [3.8, 4) is 50.2 Å². The van der Waals surface area contributed by atoms with Gasteiger partial charge in [0.05, 0.1) is 16.4 Å². The highest BCUT2D eigenvalue weighted by Crippen LogP contribution is 2.44. The van der Waals surface area contributed by atoms with Gasteiger partial charge in [-0.05, 0) is 142 Å². The SMILES string of the molecule is c1ccc(-c2ccc3oc4ccc(-c5ccc6oc7c(ccc8c7c7cc(-c9ccc%10oc%11ccc(-c%12ccccc%12)cc%11c%10c9)ccc7n8-c7ccccc7)c6c5)cc4c3c2)cc1. The number of rotatable bonds is 5. The van der Waals surface area contributed by atoms with Crippen molar-refractivity contribution in [2.24, 2.45) is 0 Å². The Morgan fingerprint density at radius 2 is 0.609 bits per heavy atom. The molecule has 0 amide bonds. The molecule has 0 saturated heterocycles. The number of aromatic nitrogens is 1. The van der Waals surface area contributed by atoms with Crippen LogP contribution in [-0.2, 0) is 0 Å². The van der Waals surface area contributed by atoms with Gasteiger partial charge in [-0.2, -0.15) is 0 Å². The van der Waals surface area contributed by atoms with Crippen molar-refractivity contribution >= 4 is 87.6 Å². The molecule has 0 fully saturated rings. The van der Waals surface area contributed by atoms with E-state index in [1.54, 1.807) is 0 Å². The third-order valence-corrected chi connectivity index (χ3v) is 13.2. The van der Waals surface area contributed by atoms with Crippen LogP contribution in [-0.4, -0.2) is 4.57 Å². The van der Waals surface area contributed by atoms with Gasteiger partial charge < -0.3 is 17.8 Å². The molecule has 0 aliphatic heterocycles. The molecule has 14 aromatic rings. The largest absolute Gasteiger partial charge is 0.456 e. The van der Waals surface area contributed by atoms with Gasteiger partial charge in [0.2, 0.25) is 0 Å². The quantitative estimate of drug-likeness (QED) is 0.174. The normalized spacial score (nSPS) is 12.1. The van der Waals surface area contributed by atoms with Crippen molar-refractivity contribution in [2.45, 2.75) is 0 Å². The summed E-state index contributed by atoms with van der Waals surface area (Å²) in [6.07, 6.45) is 0. The number of fused-ring (bicyclic) bond motifs is 13. The van der Waals surface area contributed by atoms with Crippen molar-refractivity contribution in [1.29, 1.82) is 0 Å². The van der Waals surface area contributed by atoms with Gasteiger partial charge in [0, 0.05) is 43.4 Å². The number of benzene rings is 10. The fourth-order valence-electron chi connectivity index (χ4n) is 10.1. The lowest BCUT2D eigenvalue weighted by atomic mass is 9.98. The molecule has 0 unspecified atom stereocenters. The van der Waals surface area contributed by atoms with Crippen molar-refractivity contribution in [3.05, 3.63) is 212 Å². The lowest BCUT2D eigenvalue weighted by Crippen LogP contribution is -1.92. The van der Waals surface area contributed by atoms with Gasteiger partial charge in [0.15, 0.2) is 0 Å². The summed E-state index contributed by atoms with van der Waals surface area (Å²) in [6, 6.07) is 75.5. The summed E-state index contributed by atoms with van der Waals surface area (Å²) in [5, 5.41) is 8.83. The zero-order chi connectivity index (χ0) is 41.9. The fraction of sp³-hybridized carbons (Fsp3) is 0. The molecule has 0 radical (unpaired) electrons. The van der Waals surface area contributed by atoms with Crippen LogP contribution < -0.4 is 0 Å². The van der Waals surface area contributed by atoms with Crippen LogP contribution in [0.3, 0.4) is 0 Å². The maximum Gasteiger partial charge on any atom is 0.145 e. The standard InChI is InChI=1S/C60H35NO3/c1-4-10-36(11-5-1)38-17-25-54-47(30-38)49-33-42(19-27-56(49)62-54)40-16-23-52-51(35-40)59-53(61(52)44-14-8-3-9-15-44)24-22-45-46-32-41(21-29-58(46)64-60(45)59)43-20-28-57-50(34-43)48-31-39(18-26-55(48)63-57)37-12-6-2-7-13-37/h1-35H. The average molecular weight is 818 g/mol. The minimum atomic E-state index is 0.859. The summed E-state index contributed by atoms with van der Waals surface area (Å²) in [5.74, 6) is 0. The molecule has 0 spiro atoms. The first kappa shape index (κ1) is 35.0. The third kappa shape index (κ3) is 5.30. The summed E-state index contributed by atoms with van der Waals surface area (Å²) in [6.45, 7) is 0. The van der Waals surface area contributed by atoms with Crippen LogP contribution in [0, 0.1) is 0 Å². The Hall–Kier alpha value is -8.60. The molecular formula is C60H35NO3. The van der Waals surface area contributed by atoms with Gasteiger partial charge in [-0.3, -0.25) is 0 Å². The molecule has 4 heterocycles. The van der Waals surface area contributed by atoms with Crippen LogP contribution in [0.5, 0.6) is 0 Å². The second-order valence-electron chi connectivity index (χ2n) is 16.8. The van der Waals surface area contributed by atoms with E-state index in [2.05, 4.69) is 217 Å². The van der Waals surface area contributed by atoms with Crippen LogP contribution in [0.2, 0.25) is 0 Å². The Labute approximate surface area is 366 Å². The predicted molar refractivity (Wildman–Crippen MR) is 264 cm³/mol. The second-order valence-corrected chi connectivity index (χ2v) is 16.8. The molecule has 4 nitrogen and oxygen atoms in total. The smallest absolute Gasteiger partial charge is 0.145 e. The molecule has 4 heteroatoms. The number of para-hydroxylation sites is 1. The fourth-order valence-corrected chi connectivity index (χ4v) is 10.1. The van der Waals surface area contributed by atoms with Crippen LogP contribution >= 0.6 is 0 Å². The van der Waals surface area contributed by atoms with Gasteiger partial charge in [-0.15, -0.1) is 0 Å². The van der Waals surface area contributed by atoms with Crippen LogP contribution in [0.1, 0.15) is 0 Å². The first-order valence-corrected chi connectivity index (χ1v) is 21.7. The van der Waals surface area contributed by atoms with Crippen LogP contribution in [0.25, 0.3) is 138 Å². The number of hydrogen-bond acceptors (Lipinski definition) is 3. The van der Waals surface area contributed by atoms with Crippen molar-refractivity contribution in [3.63, 3.8) is 0 Å². The topological polar surface area (TPSA) is 44.4 Å². The summed E-state index contributed by atoms with van der Waals surface area (Å²) in [4.78, 5) is 0. The molecule has 0 atom stereocenters. The van der Waals surface area contributed by atoms with E-state index in [0.717, 1.165) is 116 Å². The maximum absolute atomic E-state index is 6.93. The summed E-state index contributed by atoms with van der Waals surface area (Å²) in [5.41, 5.74) is 17.8. The molecule has 14 rings (SSSR count). The van der Waals surface area contributed by atoms with E-state index in [0.29, 0.717) is 0 Å². The van der Waals surface area contributed by atoms with Gasteiger partial charge in [0.25, 0.3) is 0 Å². The van der Waals surface area contributed by atoms with Crippen molar-refractivity contribution < 1.29 is 13.3 Å². The average Bonchev–Trinajstić information content (AvgIpc) is 4.12. The number of furan rings is 3. The van der Waals surface area contributed by atoms with Gasteiger partial charge in [0.1, 0.15) is 33.5 Å². The molecule has 10 aromatic carbocycles. The van der Waals surface area contributed by atoms with Crippen molar-refractivity contribution in [2.75, 3.05) is 0 Å². The maximum atomic E-state index is 6.93. The minimum absolute atomic E-state index is 0.859. The Kier molecular flexibility index (Phi) is 7.36. The van der Waals surface area contributed by atoms with E-state index >= 15 is 0 Å². The van der Waals surface area contributed by atoms with E-state index in [1.165, 1.54) is 22.3 Å². The lowest BCUT2D eigenvalue weighted by molar-refractivity contribution is 0.668. The molecule has 298 valence electrons. The van der Waals surface area contributed by atoms with E-state index in [-0.39, 0.29) is 0 Å². The minimum Gasteiger partial charge on any atom is -0.456 e. The first-order chi connectivity index (χ1) is 31.7. The van der Waals surface area contributed by atoms with E-state index in [9.17, 15) is 0 Å². The highest BCUT2D eigenvalue weighted by molar-refractivity contribution is 6.24. The number of nitrogens with zero attached hydrogens (tertiary/aromatic N) is 1. The zero-order valence-corrected chi connectivity index (χ0v) is 34.4. The Balaban J connectivity index is 0.933. The molecule has 4 aromatic heterocycles. The zero-order valence-electron chi connectivity index (χ0n) is 34.4. The summed E-state index contributed by atoms with van der Waals surface area (Å²) in [7, 11) is 0. The predicted octanol–water partition coefficient (Wildman–Crippen LogP) is 17.1. The van der Waals surface area contributed by atoms with Gasteiger partial charge in [-0.1, -0.05) is 115 Å². The van der Waals surface area contributed by atoms with E-state index in [1.807, 2.05) is 0 Å². The molecule has 0 bridgehead atoms. The number of hydrogen-bond donors (Lipinski definition) is 0. The Morgan fingerprint density at radius 1 is 0.250 bits per heavy atom. The van der Waals surface area contributed by atoms with E-state index < -0.39 is 0 Å². The molecule has 0 aliphatic rings.